The van der Waals surface area contributed by atoms with Gasteiger partial charge in [-0.2, -0.15) is 0 Å². The van der Waals surface area contributed by atoms with Gasteiger partial charge in [0, 0.05) is 0 Å². The zero-order valence-corrected chi connectivity index (χ0v) is 13.6. The molecule has 0 spiro atoms. The molecule has 1 rings (SSSR count). The number of halogens is 3. The number of rotatable bonds is 5. The van der Waals surface area contributed by atoms with Crippen molar-refractivity contribution in [3.8, 4) is 0 Å². The van der Waals surface area contributed by atoms with Gasteiger partial charge in [-0.3, -0.25) is 0 Å². The SMILES string of the molecule is CC(C)OC(=O)CNc1ccc(F)cc1[CH]=[Ru]([Cl])[Cl]. The van der Waals surface area contributed by atoms with Crippen LogP contribution in [0.25, 0.3) is 0 Å². The maximum atomic E-state index is 13.2. The van der Waals surface area contributed by atoms with E-state index in [0.717, 1.165) is 0 Å². The summed E-state index contributed by atoms with van der Waals surface area (Å²) in [5.41, 5.74) is 1.16. The third-order valence-electron chi connectivity index (χ3n) is 1.99. The van der Waals surface area contributed by atoms with Crippen LogP contribution in [0.5, 0.6) is 0 Å². The number of anilines is 1. The van der Waals surface area contributed by atoms with Crippen molar-refractivity contribution in [1.82, 2.24) is 0 Å². The van der Waals surface area contributed by atoms with Crippen molar-refractivity contribution in [2.45, 2.75) is 20.0 Å². The number of carbonyl (C=O) groups is 1. The second-order valence-electron chi connectivity index (χ2n) is 3.93. The number of carbonyl (C=O) groups excluding carboxylic acids is 1. The van der Waals surface area contributed by atoms with Crippen LogP contribution in [0, 0.1) is 5.82 Å². The van der Waals surface area contributed by atoms with Crippen LogP contribution in [-0.4, -0.2) is 23.2 Å². The van der Waals surface area contributed by atoms with Crippen molar-refractivity contribution in [3.05, 3.63) is 29.6 Å². The van der Waals surface area contributed by atoms with E-state index in [9.17, 15) is 9.18 Å². The molecule has 0 amide bonds. The van der Waals surface area contributed by atoms with E-state index < -0.39 is 13.5 Å². The summed E-state index contributed by atoms with van der Waals surface area (Å²) in [6, 6.07) is 4.16. The van der Waals surface area contributed by atoms with Gasteiger partial charge in [-0.15, -0.1) is 0 Å². The van der Waals surface area contributed by atoms with Crippen molar-refractivity contribution in [3.63, 3.8) is 0 Å². The molecule has 0 saturated carbocycles. The minimum absolute atomic E-state index is 0.00193. The first-order chi connectivity index (χ1) is 8.88. The molecule has 0 aliphatic carbocycles. The Morgan fingerprint density at radius 1 is 1.53 bits per heavy atom. The van der Waals surface area contributed by atoms with Crippen molar-refractivity contribution in [2.24, 2.45) is 0 Å². The molecule has 0 bridgehead atoms. The molecule has 0 atom stereocenters. The Labute approximate surface area is 124 Å². The number of hydrogen-bond acceptors (Lipinski definition) is 3. The third kappa shape index (κ3) is 6.46. The first-order valence-corrected chi connectivity index (χ1v) is 10.9. The Morgan fingerprint density at radius 3 is 2.79 bits per heavy atom. The molecule has 1 N–H and O–H groups in total. The first-order valence-electron chi connectivity index (χ1n) is 5.44. The molecule has 1 aromatic rings. The predicted octanol–water partition coefficient (Wildman–Crippen LogP) is 3.27. The van der Waals surface area contributed by atoms with Gasteiger partial charge in [0.2, 0.25) is 0 Å². The van der Waals surface area contributed by atoms with Gasteiger partial charge in [-0.05, 0) is 0 Å². The molecule has 0 radical (unpaired) electrons. The number of benzene rings is 1. The molecule has 0 aromatic heterocycles. The topological polar surface area (TPSA) is 38.3 Å². The molecular formula is C12H14Cl2FNO2Ru. The van der Waals surface area contributed by atoms with E-state index >= 15 is 0 Å². The van der Waals surface area contributed by atoms with E-state index in [1.54, 1.807) is 18.5 Å². The molecule has 3 nitrogen and oxygen atoms in total. The van der Waals surface area contributed by atoms with Gasteiger partial charge < -0.3 is 0 Å². The molecule has 0 saturated heterocycles. The molecule has 0 heterocycles. The molecule has 0 unspecified atom stereocenters. The fourth-order valence-electron chi connectivity index (χ4n) is 1.33. The average Bonchev–Trinajstić information content (AvgIpc) is 2.26. The summed E-state index contributed by atoms with van der Waals surface area (Å²) < 4.78 is 19.8. The first kappa shape index (κ1) is 16.5. The summed E-state index contributed by atoms with van der Waals surface area (Å²) in [7, 11) is 11.6. The van der Waals surface area contributed by atoms with Crippen molar-refractivity contribution in [2.75, 3.05) is 11.9 Å². The van der Waals surface area contributed by atoms with Gasteiger partial charge in [0.25, 0.3) is 0 Å². The quantitative estimate of drug-likeness (QED) is 0.615. The Bertz CT molecular complexity index is 491. The van der Waals surface area contributed by atoms with Crippen LogP contribution in [0.3, 0.4) is 0 Å². The second-order valence-corrected chi connectivity index (χ2v) is 9.66. The van der Waals surface area contributed by atoms with Crippen molar-refractivity contribution >= 4 is 35.6 Å². The van der Waals surface area contributed by atoms with E-state index in [1.165, 1.54) is 18.2 Å². The second kappa shape index (κ2) is 7.93. The molecule has 108 valence electrons. The number of esters is 1. The van der Waals surface area contributed by atoms with Crippen LogP contribution in [0.1, 0.15) is 19.4 Å². The molecule has 7 heteroatoms. The third-order valence-corrected chi connectivity index (χ3v) is 3.82. The van der Waals surface area contributed by atoms with Gasteiger partial charge in [0.15, 0.2) is 0 Å². The van der Waals surface area contributed by atoms with Crippen LogP contribution < -0.4 is 5.32 Å². The Balaban J connectivity index is 2.78. The summed E-state index contributed by atoms with van der Waals surface area (Å²) in [6.07, 6.45) is -0.170. The monoisotopic (exact) mass is 395 g/mol. The normalized spacial score (nSPS) is 11.2. The van der Waals surface area contributed by atoms with E-state index in [2.05, 4.69) is 5.32 Å². The van der Waals surface area contributed by atoms with Crippen molar-refractivity contribution < 1.29 is 27.4 Å². The van der Waals surface area contributed by atoms with E-state index in [4.69, 9.17) is 24.1 Å². The molecular weight excluding hydrogens is 381 g/mol. The summed E-state index contributed by atoms with van der Waals surface area (Å²) in [5.74, 6) is -0.762. The maximum absolute atomic E-state index is 13.2. The minimum atomic E-state index is -2.06. The van der Waals surface area contributed by atoms with Crippen LogP contribution >= 0.6 is 19.4 Å². The standard InChI is InChI=1S/C12H14FNO2.2ClH.Ru/c1-8(2)16-12(15)7-14-11-5-4-10(13)6-9(11)3;;;/h3-6,8,14H,7H2,1-2H3;2*1H;/q;;;+2/p-2. The fourth-order valence-corrected chi connectivity index (χ4v) is 3.14. The predicted molar refractivity (Wildman–Crippen MR) is 73.0 cm³/mol. The van der Waals surface area contributed by atoms with Crippen LogP contribution in [0.4, 0.5) is 10.1 Å². The Hall–Kier alpha value is -0.507. The van der Waals surface area contributed by atoms with Gasteiger partial charge in [0.05, 0.1) is 0 Å². The summed E-state index contributed by atoms with van der Waals surface area (Å²) in [5, 5.41) is 2.88. The fraction of sp³-hybridized carbons (Fsp3) is 0.333. The zero-order chi connectivity index (χ0) is 14.4. The number of ether oxygens (including phenoxy) is 1. The summed E-state index contributed by atoms with van der Waals surface area (Å²) in [4.78, 5) is 11.4. The van der Waals surface area contributed by atoms with E-state index in [1.807, 2.05) is 0 Å². The van der Waals surface area contributed by atoms with Gasteiger partial charge in [-0.25, -0.2) is 0 Å². The van der Waals surface area contributed by atoms with Gasteiger partial charge >= 0.3 is 124 Å². The number of nitrogens with one attached hydrogen (secondary N) is 1. The number of hydrogen-bond donors (Lipinski definition) is 1. The molecule has 1 aromatic carbocycles. The Morgan fingerprint density at radius 2 is 2.21 bits per heavy atom. The molecule has 0 aliphatic heterocycles. The molecule has 19 heavy (non-hydrogen) atoms. The van der Waals surface area contributed by atoms with Crippen LogP contribution in [-0.2, 0) is 23.0 Å². The average molecular weight is 395 g/mol. The van der Waals surface area contributed by atoms with Gasteiger partial charge in [0.1, 0.15) is 0 Å². The van der Waals surface area contributed by atoms with Gasteiger partial charge in [-0.1, -0.05) is 0 Å². The van der Waals surface area contributed by atoms with E-state index in [0.29, 0.717) is 11.3 Å². The van der Waals surface area contributed by atoms with Crippen molar-refractivity contribution in [1.29, 1.82) is 0 Å². The van der Waals surface area contributed by atoms with Crippen LogP contribution in [0.15, 0.2) is 18.2 Å². The molecule has 0 fully saturated rings. The summed E-state index contributed by atoms with van der Waals surface area (Å²) in [6.45, 7) is 3.54. The van der Waals surface area contributed by atoms with E-state index in [-0.39, 0.29) is 24.4 Å². The Kier molecular flexibility index (Phi) is 6.91. The molecule has 0 aliphatic rings. The summed E-state index contributed by atoms with van der Waals surface area (Å²) >= 11 is -2.06. The zero-order valence-electron chi connectivity index (χ0n) is 10.4. The van der Waals surface area contributed by atoms with Crippen LogP contribution in [0.2, 0.25) is 0 Å².